The van der Waals surface area contributed by atoms with Crippen molar-refractivity contribution >= 4 is 21.6 Å². The summed E-state index contributed by atoms with van der Waals surface area (Å²) in [7, 11) is -1.94. The van der Waals surface area contributed by atoms with Gasteiger partial charge >= 0.3 is 0 Å². The molecule has 0 atom stereocenters. The first-order chi connectivity index (χ1) is 8.98. The molecule has 0 saturated carbocycles. The lowest BCUT2D eigenvalue weighted by Crippen LogP contribution is -2.32. The maximum atomic E-state index is 11.7. The van der Waals surface area contributed by atoms with Crippen LogP contribution in [0.4, 0.5) is 5.69 Å². The Balaban J connectivity index is 2.50. The number of benzene rings is 1. The van der Waals surface area contributed by atoms with Crippen LogP contribution < -0.4 is 15.4 Å². The Labute approximate surface area is 113 Å². The van der Waals surface area contributed by atoms with E-state index in [9.17, 15) is 13.2 Å². The predicted octanol–water partition coefficient (Wildman–Crippen LogP) is 0.397. The van der Waals surface area contributed by atoms with Crippen molar-refractivity contribution in [3.05, 3.63) is 29.8 Å². The van der Waals surface area contributed by atoms with E-state index >= 15 is 0 Å². The average molecular weight is 285 g/mol. The standard InChI is InChI=1S/C12H19N3O3S/c1-3-14-11-6-4-10(5-7-11)12(16)15-8-9-19(17,18)13-2/h4-7,13-14H,3,8-9H2,1-2H3,(H,15,16). The Morgan fingerprint density at radius 3 is 2.37 bits per heavy atom. The van der Waals surface area contributed by atoms with E-state index in [1.165, 1.54) is 7.05 Å². The highest BCUT2D eigenvalue weighted by atomic mass is 32.2. The maximum Gasteiger partial charge on any atom is 0.251 e. The van der Waals surface area contributed by atoms with Gasteiger partial charge in [0.15, 0.2) is 0 Å². The SMILES string of the molecule is CCNc1ccc(C(=O)NCCS(=O)(=O)NC)cc1. The van der Waals surface area contributed by atoms with Gasteiger partial charge in [-0.05, 0) is 38.2 Å². The van der Waals surface area contributed by atoms with Gasteiger partial charge in [0, 0.05) is 24.3 Å². The van der Waals surface area contributed by atoms with Gasteiger partial charge in [-0.25, -0.2) is 13.1 Å². The number of hydrogen-bond donors (Lipinski definition) is 3. The van der Waals surface area contributed by atoms with E-state index in [0.29, 0.717) is 5.56 Å². The third kappa shape index (κ3) is 5.27. The highest BCUT2D eigenvalue weighted by Gasteiger charge is 2.09. The Morgan fingerprint density at radius 1 is 1.21 bits per heavy atom. The van der Waals surface area contributed by atoms with Crippen LogP contribution >= 0.6 is 0 Å². The number of carbonyl (C=O) groups is 1. The monoisotopic (exact) mass is 285 g/mol. The molecule has 0 bridgehead atoms. The Bertz CT molecular complexity index is 512. The molecule has 0 radical (unpaired) electrons. The zero-order chi connectivity index (χ0) is 14.3. The first-order valence-electron chi connectivity index (χ1n) is 6.02. The zero-order valence-corrected chi connectivity index (χ0v) is 11.9. The van der Waals surface area contributed by atoms with Crippen molar-refractivity contribution in [2.75, 3.05) is 31.2 Å². The summed E-state index contributed by atoms with van der Waals surface area (Å²) in [5.41, 5.74) is 1.44. The van der Waals surface area contributed by atoms with Crippen molar-refractivity contribution in [2.24, 2.45) is 0 Å². The van der Waals surface area contributed by atoms with Gasteiger partial charge in [0.25, 0.3) is 5.91 Å². The quantitative estimate of drug-likeness (QED) is 0.676. The molecule has 7 heteroatoms. The first-order valence-corrected chi connectivity index (χ1v) is 7.67. The van der Waals surface area contributed by atoms with Crippen molar-refractivity contribution in [3.63, 3.8) is 0 Å². The van der Waals surface area contributed by atoms with E-state index in [-0.39, 0.29) is 18.2 Å². The fourth-order valence-corrected chi connectivity index (χ4v) is 2.02. The van der Waals surface area contributed by atoms with Crippen molar-refractivity contribution < 1.29 is 13.2 Å². The minimum Gasteiger partial charge on any atom is -0.385 e. The van der Waals surface area contributed by atoms with Gasteiger partial charge in [-0.15, -0.1) is 0 Å². The van der Waals surface area contributed by atoms with E-state index in [1.807, 2.05) is 19.1 Å². The second-order valence-electron chi connectivity index (χ2n) is 3.89. The summed E-state index contributed by atoms with van der Waals surface area (Å²) in [5, 5.41) is 5.69. The highest BCUT2D eigenvalue weighted by molar-refractivity contribution is 7.89. The van der Waals surface area contributed by atoms with Crippen LogP contribution in [0, 0.1) is 0 Å². The fourth-order valence-electron chi connectivity index (χ4n) is 1.45. The third-order valence-corrected chi connectivity index (χ3v) is 3.86. The minimum absolute atomic E-state index is 0.0803. The topological polar surface area (TPSA) is 87.3 Å². The predicted molar refractivity (Wildman–Crippen MR) is 75.8 cm³/mol. The van der Waals surface area contributed by atoms with Crippen LogP contribution in [0.2, 0.25) is 0 Å². The number of hydrogen-bond acceptors (Lipinski definition) is 4. The van der Waals surface area contributed by atoms with Crippen LogP contribution in [-0.4, -0.2) is 40.2 Å². The van der Waals surface area contributed by atoms with Gasteiger partial charge < -0.3 is 10.6 Å². The fraction of sp³-hybridized carbons (Fsp3) is 0.417. The second kappa shape index (κ2) is 7.10. The smallest absolute Gasteiger partial charge is 0.251 e. The van der Waals surface area contributed by atoms with Gasteiger partial charge in [0.1, 0.15) is 0 Å². The van der Waals surface area contributed by atoms with Crippen molar-refractivity contribution in [2.45, 2.75) is 6.92 Å². The summed E-state index contributed by atoms with van der Waals surface area (Å²) < 4.78 is 24.5. The summed E-state index contributed by atoms with van der Waals surface area (Å²) in [6.45, 7) is 2.88. The molecular formula is C12H19N3O3S. The van der Waals surface area contributed by atoms with Crippen LogP contribution in [-0.2, 0) is 10.0 Å². The number of nitrogens with one attached hydrogen (secondary N) is 3. The van der Waals surface area contributed by atoms with E-state index in [4.69, 9.17) is 0 Å². The molecule has 0 fully saturated rings. The summed E-state index contributed by atoms with van der Waals surface area (Å²) in [5.74, 6) is -0.417. The van der Waals surface area contributed by atoms with Crippen molar-refractivity contribution in [1.82, 2.24) is 10.0 Å². The molecule has 106 valence electrons. The molecule has 0 aliphatic carbocycles. The lowest BCUT2D eigenvalue weighted by atomic mass is 10.2. The van der Waals surface area contributed by atoms with Gasteiger partial charge in [0.05, 0.1) is 5.75 Å². The molecule has 1 aromatic rings. The molecule has 0 aliphatic heterocycles. The maximum absolute atomic E-state index is 11.7. The van der Waals surface area contributed by atoms with Crippen LogP contribution in [0.15, 0.2) is 24.3 Å². The summed E-state index contributed by atoms with van der Waals surface area (Å²) in [6, 6.07) is 7.01. The van der Waals surface area contributed by atoms with Crippen LogP contribution in [0.5, 0.6) is 0 Å². The minimum atomic E-state index is -3.29. The zero-order valence-electron chi connectivity index (χ0n) is 11.1. The molecule has 1 rings (SSSR count). The molecule has 0 aliphatic rings. The summed E-state index contributed by atoms with van der Waals surface area (Å²) in [6.07, 6.45) is 0. The molecule has 1 aromatic carbocycles. The van der Waals surface area contributed by atoms with Gasteiger partial charge in [0.2, 0.25) is 10.0 Å². The number of carbonyl (C=O) groups excluding carboxylic acids is 1. The average Bonchev–Trinajstić information content (AvgIpc) is 2.39. The number of rotatable bonds is 7. The molecule has 19 heavy (non-hydrogen) atoms. The first kappa shape index (κ1) is 15.5. The summed E-state index contributed by atoms with van der Waals surface area (Å²) in [4.78, 5) is 11.7. The largest absolute Gasteiger partial charge is 0.385 e. The molecule has 3 N–H and O–H groups in total. The van der Waals surface area contributed by atoms with Gasteiger partial charge in [-0.2, -0.15) is 0 Å². The molecule has 0 aromatic heterocycles. The summed E-state index contributed by atoms with van der Waals surface area (Å²) >= 11 is 0. The van der Waals surface area contributed by atoms with E-state index in [2.05, 4.69) is 15.4 Å². The van der Waals surface area contributed by atoms with Crippen molar-refractivity contribution in [3.8, 4) is 0 Å². The number of sulfonamides is 1. The molecule has 0 heterocycles. The second-order valence-corrected chi connectivity index (χ2v) is 5.93. The van der Waals surface area contributed by atoms with E-state index in [0.717, 1.165) is 12.2 Å². The van der Waals surface area contributed by atoms with Gasteiger partial charge in [-0.1, -0.05) is 0 Å². The van der Waals surface area contributed by atoms with E-state index < -0.39 is 10.0 Å². The Morgan fingerprint density at radius 2 is 1.84 bits per heavy atom. The molecule has 6 nitrogen and oxygen atoms in total. The number of anilines is 1. The molecule has 1 amide bonds. The highest BCUT2D eigenvalue weighted by Crippen LogP contribution is 2.08. The van der Waals surface area contributed by atoms with Gasteiger partial charge in [-0.3, -0.25) is 4.79 Å². The number of amides is 1. The van der Waals surface area contributed by atoms with Crippen LogP contribution in [0.1, 0.15) is 17.3 Å². The van der Waals surface area contributed by atoms with Crippen LogP contribution in [0.25, 0.3) is 0 Å². The molecule has 0 spiro atoms. The molecular weight excluding hydrogens is 266 g/mol. The third-order valence-electron chi connectivity index (χ3n) is 2.50. The molecule has 0 unspecified atom stereocenters. The van der Waals surface area contributed by atoms with Crippen molar-refractivity contribution in [1.29, 1.82) is 0 Å². The van der Waals surface area contributed by atoms with E-state index in [1.54, 1.807) is 12.1 Å². The lowest BCUT2D eigenvalue weighted by Gasteiger charge is -2.07. The Kier molecular flexibility index (Phi) is 5.78. The molecule has 0 saturated heterocycles. The Hall–Kier alpha value is -1.60. The van der Waals surface area contributed by atoms with Crippen LogP contribution in [0.3, 0.4) is 0 Å². The normalized spacial score (nSPS) is 11.1. The lowest BCUT2D eigenvalue weighted by molar-refractivity contribution is 0.0956.